The van der Waals surface area contributed by atoms with Gasteiger partial charge >= 0.3 is 0 Å². The monoisotopic (exact) mass is 375 g/mol. The van der Waals surface area contributed by atoms with Crippen LogP contribution in [0.1, 0.15) is 60.0 Å². The molecule has 2 aromatic rings. The Labute approximate surface area is 159 Å². The van der Waals surface area contributed by atoms with Crippen molar-refractivity contribution in [3.8, 4) is 0 Å². The van der Waals surface area contributed by atoms with E-state index in [1.54, 1.807) is 0 Å². The summed E-state index contributed by atoms with van der Waals surface area (Å²) in [4.78, 5) is 15.0. The van der Waals surface area contributed by atoms with Crippen molar-refractivity contribution in [3.05, 3.63) is 52.3 Å². The van der Waals surface area contributed by atoms with E-state index in [0.717, 1.165) is 49.1 Å². The highest BCUT2D eigenvalue weighted by molar-refractivity contribution is 5.98. The van der Waals surface area contributed by atoms with Gasteiger partial charge in [-0.1, -0.05) is 0 Å². The Hall–Kier alpha value is -2.08. The summed E-state index contributed by atoms with van der Waals surface area (Å²) in [5.74, 6) is -1.85. The first-order valence-electron chi connectivity index (χ1n) is 9.54. The fourth-order valence-electron chi connectivity index (χ4n) is 3.97. The van der Waals surface area contributed by atoms with E-state index in [-0.39, 0.29) is 17.3 Å². The Morgan fingerprint density at radius 1 is 1.30 bits per heavy atom. The molecule has 1 aliphatic heterocycles. The lowest BCUT2D eigenvalue weighted by Crippen LogP contribution is -2.38. The van der Waals surface area contributed by atoms with Gasteiger partial charge in [0.2, 0.25) is 0 Å². The predicted octanol–water partition coefficient (Wildman–Crippen LogP) is 4.45. The van der Waals surface area contributed by atoms with Crippen LogP contribution in [0.3, 0.4) is 0 Å². The number of benzene rings is 1. The number of piperidine rings is 1. The van der Waals surface area contributed by atoms with Crippen molar-refractivity contribution in [2.24, 2.45) is 5.92 Å². The number of Topliss-reactive ketones (excluding diaryl/α,β-unsaturated/α-hetero) is 1. The maximum Gasteiger partial charge on any atom is 0.170 e. The normalized spacial score (nSPS) is 18.3. The standard InChI is InChI=1S/C21H27F2N3O/c1-13(2)26-15(4)19(14(3)24-26)12-25-9-5-6-16(11-25)21(27)18-10-17(22)7-8-20(18)23/h7-8,10,13,16H,5-6,9,11-12H2,1-4H3/t16-/m1/s1. The topological polar surface area (TPSA) is 38.1 Å². The number of hydrogen-bond acceptors (Lipinski definition) is 3. The Balaban J connectivity index is 1.75. The van der Waals surface area contributed by atoms with Crippen LogP contribution >= 0.6 is 0 Å². The number of likely N-dealkylation sites (tertiary alicyclic amines) is 1. The molecular weight excluding hydrogens is 348 g/mol. The second-order valence-corrected chi connectivity index (χ2v) is 7.75. The molecule has 1 aliphatic rings. The fourth-order valence-corrected chi connectivity index (χ4v) is 3.97. The van der Waals surface area contributed by atoms with Gasteiger partial charge in [-0.15, -0.1) is 0 Å². The van der Waals surface area contributed by atoms with Gasteiger partial charge in [-0.2, -0.15) is 5.10 Å². The van der Waals surface area contributed by atoms with Crippen LogP contribution in [0.2, 0.25) is 0 Å². The van der Waals surface area contributed by atoms with Crippen LogP contribution in [0.4, 0.5) is 8.78 Å². The highest BCUT2D eigenvalue weighted by atomic mass is 19.1. The molecule has 2 heterocycles. The third kappa shape index (κ3) is 4.10. The molecule has 1 atom stereocenters. The van der Waals surface area contributed by atoms with Crippen molar-refractivity contribution in [1.82, 2.24) is 14.7 Å². The largest absolute Gasteiger partial charge is 0.298 e. The van der Waals surface area contributed by atoms with Gasteiger partial charge in [-0.25, -0.2) is 8.78 Å². The van der Waals surface area contributed by atoms with Crippen molar-refractivity contribution in [3.63, 3.8) is 0 Å². The first kappa shape index (κ1) is 19.7. The fraction of sp³-hybridized carbons (Fsp3) is 0.524. The number of hydrogen-bond donors (Lipinski definition) is 0. The second-order valence-electron chi connectivity index (χ2n) is 7.75. The second kappa shape index (κ2) is 7.89. The zero-order valence-electron chi connectivity index (χ0n) is 16.4. The van der Waals surface area contributed by atoms with Crippen molar-refractivity contribution in [1.29, 1.82) is 0 Å². The molecule has 0 aliphatic carbocycles. The van der Waals surface area contributed by atoms with E-state index in [2.05, 4.69) is 30.8 Å². The van der Waals surface area contributed by atoms with Crippen LogP contribution in [0.5, 0.6) is 0 Å². The minimum atomic E-state index is -0.650. The van der Waals surface area contributed by atoms with Crippen LogP contribution in [0.15, 0.2) is 18.2 Å². The van der Waals surface area contributed by atoms with Gasteiger partial charge in [0.1, 0.15) is 11.6 Å². The Morgan fingerprint density at radius 2 is 2.04 bits per heavy atom. The average molecular weight is 375 g/mol. The number of carbonyl (C=O) groups is 1. The van der Waals surface area contributed by atoms with Gasteiger partial charge in [0, 0.05) is 36.3 Å². The zero-order chi connectivity index (χ0) is 19.7. The molecular formula is C21H27F2N3O. The van der Waals surface area contributed by atoms with Crippen LogP contribution < -0.4 is 0 Å². The van der Waals surface area contributed by atoms with E-state index in [0.29, 0.717) is 19.0 Å². The molecule has 0 N–H and O–H groups in total. The number of aryl methyl sites for hydroxylation is 1. The summed E-state index contributed by atoms with van der Waals surface area (Å²) >= 11 is 0. The summed E-state index contributed by atoms with van der Waals surface area (Å²) in [7, 11) is 0. The zero-order valence-corrected chi connectivity index (χ0v) is 16.4. The molecule has 0 saturated carbocycles. The van der Waals surface area contributed by atoms with Crippen LogP contribution in [0.25, 0.3) is 0 Å². The van der Waals surface area contributed by atoms with Gasteiger partial charge in [0.25, 0.3) is 0 Å². The molecule has 0 spiro atoms. The molecule has 1 saturated heterocycles. The highest BCUT2D eigenvalue weighted by Gasteiger charge is 2.29. The van der Waals surface area contributed by atoms with Gasteiger partial charge in [0.05, 0.1) is 11.3 Å². The Morgan fingerprint density at radius 3 is 2.70 bits per heavy atom. The van der Waals surface area contributed by atoms with E-state index in [1.807, 2.05) is 11.6 Å². The molecule has 1 fully saturated rings. The van der Waals surface area contributed by atoms with Gasteiger partial charge in [-0.3, -0.25) is 14.4 Å². The van der Waals surface area contributed by atoms with Crippen LogP contribution in [-0.2, 0) is 6.54 Å². The summed E-state index contributed by atoms with van der Waals surface area (Å²) in [6.45, 7) is 10.5. The minimum Gasteiger partial charge on any atom is -0.298 e. The summed E-state index contributed by atoms with van der Waals surface area (Å²) in [5, 5.41) is 4.63. The molecule has 0 radical (unpaired) electrons. The first-order chi connectivity index (χ1) is 12.8. The lowest BCUT2D eigenvalue weighted by atomic mass is 9.89. The number of aromatic nitrogens is 2. The molecule has 1 aromatic carbocycles. The van der Waals surface area contributed by atoms with Gasteiger partial charge in [-0.05, 0) is 65.3 Å². The van der Waals surface area contributed by atoms with E-state index in [1.165, 1.54) is 5.56 Å². The number of carbonyl (C=O) groups excluding carboxylic acids is 1. The summed E-state index contributed by atoms with van der Waals surface area (Å²) in [5.41, 5.74) is 3.20. The molecule has 6 heteroatoms. The third-order valence-corrected chi connectivity index (χ3v) is 5.42. The summed E-state index contributed by atoms with van der Waals surface area (Å²) < 4.78 is 29.5. The molecule has 0 bridgehead atoms. The SMILES string of the molecule is Cc1nn(C(C)C)c(C)c1CN1CCC[C@@H](C(=O)c2cc(F)ccc2F)C1. The number of nitrogens with zero attached hydrogens (tertiary/aromatic N) is 3. The molecule has 3 rings (SSSR count). The predicted molar refractivity (Wildman–Crippen MR) is 101 cm³/mol. The van der Waals surface area contributed by atoms with Crippen molar-refractivity contribution >= 4 is 5.78 Å². The first-order valence-corrected chi connectivity index (χ1v) is 9.54. The number of rotatable bonds is 5. The van der Waals surface area contributed by atoms with E-state index < -0.39 is 11.6 Å². The molecule has 0 amide bonds. The molecule has 1 aromatic heterocycles. The number of halogens is 2. The maximum atomic E-state index is 14.0. The van der Waals surface area contributed by atoms with Crippen LogP contribution in [-0.4, -0.2) is 33.6 Å². The highest BCUT2D eigenvalue weighted by Crippen LogP contribution is 2.26. The smallest absolute Gasteiger partial charge is 0.170 e. The lowest BCUT2D eigenvalue weighted by Gasteiger charge is -2.32. The van der Waals surface area contributed by atoms with Crippen molar-refractivity contribution in [2.75, 3.05) is 13.1 Å². The van der Waals surface area contributed by atoms with Crippen molar-refractivity contribution < 1.29 is 13.6 Å². The molecule has 0 unspecified atom stereocenters. The minimum absolute atomic E-state index is 0.137. The Bertz CT molecular complexity index is 844. The van der Waals surface area contributed by atoms with E-state index >= 15 is 0 Å². The van der Waals surface area contributed by atoms with Gasteiger partial charge < -0.3 is 0 Å². The van der Waals surface area contributed by atoms with Gasteiger partial charge in [0.15, 0.2) is 5.78 Å². The Kier molecular flexibility index (Phi) is 5.75. The average Bonchev–Trinajstić information content (AvgIpc) is 2.92. The molecule has 146 valence electrons. The van der Waals surface area contributed by atoms with Crippen molar-refractivity contribution in [2.45, 2.75) is 53.1 Å². The molecule has 4 nitrogen and oxygen atoms in total. The maximum absolute atomic E-state index is 14.0. The van der Waals surface area contributed by atoms with Crippen LogP contribution in [0, 0.1) is 31.4 Å². The molecule has 27 heavy (non-hydrogen) atoms. The summed E-state index contributed by atoms with van der Waals surface area (Å²) in [6, 6.07) is 3.37. The van der Waals surface area contributed by atoms with E-state index in [4.69, 9.17) is 0 Å². The summed E-state index contributed by atoms with van der Waals surface area (Å²) in [6.07, 6.45) is 1.57. The van der Waals surface area contributed by atoms with E-state index in [9.17, 15) is 13.6 Å². The lowest BCUT2D eigenvalue weighted by molar-refractivity contribution is 0.0806. The quantitative estimate of drug-likeness (QED) is 0.725. The third-order valence-electron chi connectivity index (χ3n) is 5.42. The number of ketones is 1.